The molecule has 11 nitrogen and oxygen atoms in total. The molecule has 30 aromatic rings. The van der Waals surface area contributed by atoms with Crippen molar-refractivity contribution >= 4 is 239 Å². The Hall–Kier alpha value is -17.6. The number of thiophene rings is 1. The summed E-state index contributed by atoms with van der Waals surface area (Å²) < 4.78 is 22.2. The minimum atomic E-state index is 0.780. The standard InChI is InChI=1S/2C40H23N3O.C40H23N3S/c1-3-12-26-24(10-1)20-22-33-36(26)37-27-13-4-2-11-25(27)21-23-34(37)43(33)40-38(41-31-17-6-7-18-32(31)42-40)30-16-9-15-29-28-14-5-8-19-35(28)44-39(29)30;1-3-11-27-24(9-1)17-20-33-37(27)38-28-12-4-2-10-25(28)18-21-34(38)43(33)40-39(41-31-14-6-7-15-32(31)42-40)26-19-22-36-30(23-26)29-13-5-8-16-35(29)44-36;1-3-12-26-24(10-1)20-22-33-36(26)37-27-13-4-2-11-25(27)21-23-34(37)43(33)40-38(41-31-17-6-7-18-32(31)42-40)30-16-9-15-29-28-14-5-8-19-35(28)44-39(29)30/h3*1-23H. The fourth-order valence-electron chi connectivity index (χ4n) is 21.1. The molecule has 21 aromatic carbocycles. The lowest BCUT2D eigenvalue weighted by atomic mass is 10.00. The van der Waals surface area contributed by atoms with E-state index in [4.69, 9.17) is 38.7 Å². The lowest BCUT2D eigenvalue weighted by molar-refractivity contribution is 0.669. The fraction of sp³-hybridized carbons (Fsp3) is 0. The van der Waals surface area contributed by atoms with Crippen molar-refractivity contribution in [2.75, 3.05) is 0 Å². The molecule has 0 fully saturated rings. The molecule has 30 rings (SSSR count). The van der Waals surface area contributed by atoms with Gasteiger partial charge in [-0.3, -0.25) is 13.7 Å². The van der Waals surface area contributed by atoms with E-state index in [1.54, 1.807) is 0 Å². The maximum atomic E-state index is 6.54. The zero-order valence-electron chi connectivity index (χ0n) is 70.6. The van der Waals surface area contributed by atoms with Gasteiger partial charge in [-0.2, -0.15) is 0 Å². The molecule has 0 N–H and O–H groups in total. The largest absolute Gasteiger partial charge is 0.456 e. The Balaban J connectivity index is 0.0000000991. The molecule has 12 heteroatoms. The van der Waals surface area contributed by atoms with Gasteiger partial charge in [-0.05, 0) is 180 Å². The average molecular weight is 1700 g/mol. The molecule has 0 saturated heterocycles. The molecule has 0 radical (unpaired) electrons. The van der Waals surface area contributed by atoms with Crippen LogP contribution < -0.4 is 0 Å². The number of rotatable bonds is 6. The van der Waals surface area contributed by atoms with Crippen LogP contribution in [-0.4, -0.2) is 43.6 Å². The van der Waals surface area contributed by atoms with Gasteiger partial charge in [-0.25, -0.2) is 29.9 Å². The first-order chi connectivity index (χ1) is 65.5. The first-order valence-corrected chi connectivity index (χ1v) is 45.4. The second-order valence-electron chi connectivity index (χ2n) is 34.1. The number of para-hydroxylation sites is 9. The SMILES string of the molecule is c1ccc2c(c1)ccc1c2c2c3ccccc3ccc2n1-c1nc2ccccc2nc1-c1ccc2oc3ccccc3c2c1.c1ccc2c(c1)ccc1c2c2c3ccccc3ccc2n1-c1nc2ccccc2nc1-c1cccc2c1oc1ccccc12.c1ccc2c(c1)ccc1c2c2c3ccccc3ccc2n1-c1nc2ccccc2nc1-c1cccc2c1sc1ccccc12. The van der Waals surface area contributed by atoms with Gasteiger partial charge in [0.2, 0.25) is 0 Å². The fourth-order valence-corrected chi connectivity index (χ4v) is 22.3. The third-order valence-corrected chi connectivity index (χ3v) is 28.1. The molecule has 0 spiro atoms. The average Bonchev–Trinajstić information content (AvgIpc) is 1.56. The van der Waals surface area contributed by atoms with E-state index in [1.165, 1.54) is 117 Å². The first kappa shape index (κ1) is 73.6. The normalized spacial score (nSPS) is 12.1. The Bertz CT molecular complexity index is 9520. The Labute approximate surface area is 755 Å². The van der Waals surface area contributed by atoms with E-state index in [2.05, 4.69) is 347 Å². The van der Waals surface area contributed by atoms with Gasteiger partial charge in [0.05, 0.1) is 66.2 Å². The molecule has 0 bridgehead atoms. The number of nitrogens with zero attached hydrogens (tertiary/aromatic N) is 9. The predicted octanol–water partition coefficient (Wildman–Crippen LogP) is 32.3. The zero-order chi connectivity index (χ0) is 86.3. The van der Waals surface area contributed by atoms with Crippen molar-refractivity contribution in [3.05, 3.63) is 419 Å². The second-order valence-corrected chi connectivity index (χ2v) is 35.2. The smallest absolute Gasteiger partial charge is 0.165 e. The molecule has 0 aliphatic heterocycles. The summed E-state index contributed by atoms with van der Waals surface area (Å²) >= 11 is 1.83. The van der Waals surface area contributed by atoms with Crippen LogP contribution in [0.3, 0.4) is 0 Å². The van der Waals surface area contributed by atoms with Crippen molar-refractivity contribution in [2.45, 2.75) is 0 Å². The van der Waals surface area contributed by atoms with Crippen LogP contribution in [-0.2, 0) is 0 Å². The minimum absolute atomic E-state index is 0.780. The van der Waals surface area contributed by atoms with E-state index in [9.17, 15) is 0 Å². The third-order valence-electron chi connectivity index (χ3n) is 26.9. The number of furan rings is 2. The molecule has 132 heavy (non-hydrogen) atoms. The molecule has 0 saturated carbocycles. The van der Waals surface area contributed by atoms with Crippen LogP contribution in [0.5, 0.6) is 0 Å². The number of fused-ring (bicyclic) bond motifs is 33. The summed E-state index contributed by atoms with van der Waals surface area (Å²) in [6, 6.07) is 148. The molecular formula is C120H69N9O2S. The van der Waals surface area contributed by atoms with Crippen molar-refractivity contribution in [2.24, 2.45) is 0 Å². The summed E-state index contributed by atoms with van der Waals surface area (Å²) in [6.45, 7) is 0. The van der Waals surface area contributed by atoms with Crippen molar-refractivity contribution in [3.8, 4) is 51.2 Å². The summed E-state index contributed by atoms with van der Waals surface area (Å²) in [5.74, 6) is 2.43. The van der Waals surface area contributed by atoms with Crippen LogP contribution in [0, 0.1) is 0 Å². The maximum absolute atomic E-state index is 6.54. The van der Waals surface area contributed by atoms with Gasteiger partial charge >= 0.3 is 0 Å². The van der Waals surface area contributed by atoms with Crippen LogP contribution >= 0.6 is 11.3 Å². The summed E-state index contributed by atoms with van der Waals surface area (Å²) in [6.07, 6.45) is 0. The van der Waals surface area contributed by atoms with Crippen LogP contribution in [0.25, 0.3) is 278 Å². The van der Waals surface area contributed by atoms with E-state index in [1.807, 2.05) is 96.3 Å². The second kappa shape index (κ2) is 29.0. The highest BCUT2D eigenvalue weighted by atomic mass is 32.1. The van der Waals surface area contributed by atoms with Gasteiger partial charge in [0, 0.05) is 90.7 Å². The van der Waals surface area contributed by atoms with Gasteiger partial charge < -0.3 is 8.83 Å². The van der Waals surface area contributed by atoms with Crippen molar-refractivity contribution in [1.29, 1.82) is 0 Å². The monoisotopic (exact) mass is 1700 g/mol. The molecule has 0 amide bonds. The highest BCUT2D eigenvalue weighted by Crippen LogP contribution is 2.50. The van der Waals surface area contributed by atoms with Gasteiger partial charge in [-0.15, -0.1) is 11.3 Å². The Morgan fingerprint density at radius 2 is 0.492 bits per heavy atom. The van der Waals surface area contributed by atoms with E-state index >= 15 is 0 Å². The van der Waals surface area contributed by atoms with Gasteiger partial charge in [0.15, 0.2) is 17.5 Å². The summed E-state index contributed by atoms with van der Waals surface area (Å²) in [5, 5.41) is 28.9. The van der Waals surface area contributed by atoms with Gasteiger partial charge in [0.25, 0.3) is 0 Å². The number of aromatic nitrogens is 9. The Morgan fingerprint density at radius 1 is 0.197 bits per heavy atom. The number of hydrogen-bond acceptors (Lipinski definition) is 9. The predicted molar refractivity (Wildman–Crippen MR) is 550 cm³/mol. The topological polar surface area (TPSA) is 118 Å². The number of benzene rings is 21. The van der Waals surface area contributed by atoms with Crippen LogP contribution in [0.2, 0.25) is 0 Å². The lowest BCUT2D eigenvalue weighted by Gasteiger charge is -2.14. The van der Waals surface area contributed by atoms with E-state index in [0.717, 1.165) is 161 Å². The molecule has 612 valence electrons. The van der Waals surface area contributed by atoms with Gasteiger partial charge in [-0.1, -0.05) is 303 Å². The molecular weight excluding hydrogens is 1630 g/mol. The quantitative estimate of drug-likeness (QED) is 0.162. The molecule has 0 atom stereocenters. The zero-order valence-corrected chi connectivity index (χ0v) is 71.4. The van der Waals surface area contributed by atoms with Crippen molar-refractivity contribution in [1.82, 2.24) is 43.6 Å². The highest BCUT2D eigenvalue weighted by molar-refractivity contribution is 7.26. The molecule has 0 aliphatic carbocycles. The maximum Gasteiger partial charge on any atom is 0.165 e. The van der Waals surface area contributed by atoms with E-state index < -0.39 is 0 Å². The first-order valence-electron chi connectivity index (χ1n) is 44.5. The molecule has 9 aromatic heterocycles. The van der Waals surface area contributed by atoms with E-state index in [-0.39, 0.29) is 0 Å². The van der Waals surface area contributed by atoms with Crippen molar-refractivity contribution in [3.63, 3.8) is 0 Å². The lowest BCUT2D eigenvalue weighted by Crippen LogP contribution is -2.04. The summed E-state index contributed by atoms with van der Waals surface area (Å²) in [7, 11) is 0. The van der Waals surface area contributed by atoms with Crippen molar-refractivity contribution < 1.29 is 8.83 Å². The summed E-state index contributed by atoms with van der Waals surface area (Å²) in [5.41, 5.74) is 20.8. The van der Waals surface area contributed by atoms with Gasteiger partial charge in [0.1, 0.15) is 39.4 Å². The third kappa shape index (κ3) is 11.2. The van der Waals surface area contributed by atoms with Crippen LogP contribution in [0.15, 0.2) is 427 Å². The number of hydrogen-bond donors (Lipinski definition) is 0. The summed E-state index contributed by atoms with van der Waals surface area (Å²) in [4.78, 5) is 32.2. The van der Waals surface area contributed by atoms with E-state index in [0.29, 0.717) is 0 Å². The Kier molecular flexibility index (Phi) is 16.2. The molecule has 9 heterocycles. The van der Waals surface area contributed by atoms with Crippen LogP contribution in [0.4, 0.5) is 0 Å². The van der Waals surface area contributed by atoms with Crippen LogP contribution in [0.1, 0.15) is 0 Å². The minimum Gasteiger partial charge on any atom is -0.456 e. The molecule has 0 unspecified atom stereocenters. The molecule has 0 aliphatic rings. The Morgan fingerprint density at radius 3 is 0.909 bits per heavy atom. The highest BCUT2D eigenvalue weighted by Gasteiger charge is 2.29.